The smallest absolute Gasteiger partial charge is 0.194 e. The summed E-state index contributed by atoms with van der Waals surface area (Å²) in [5.74, 6) is 0.296. The predicted molar refractivity (Wildman–Crippen MR) is 138 cm³/mol. The summed E-state index contributed by atoms with van der Waals surface area (Å²) in [7, 11) is 5.76. The van der Waals surface area contributed by atoms with Gasteiger partial charge in [-0.3, -0.25) is 9.59 Å². The largest absolute Gasteiger partial charge is 0.504 e. The molecule has 0 heterocycles. The van der Waals surface area contributed by atoms with Crippen molar-refractivity contribution in [3.05, 3.63) is 49.3 Å². The summed E-state index contributed by atoms with van der Waals surface area (Å²) in [5.41, 5.74) is 1.22. The van der Waals surface area contributed by atoms with Crippen molar-refractivity contribution in [2.45, 2.75) is 13.3 Å². The van der Waals surface area contributed by atoms with Gasteiger partial charge in [-0.2, -0.15) is 0 Å². The number of ether oxygens (including phenoxy) is 4. The van der Waals surface area contributed by atoms with Gasteiger partial charge in [0.2, 0.25) is 0 Å². The summed E-state index contributed by atoms with van der Waals surface area (Å²) in [6.07, 6.45) is 2.27. The fourth-order valence-corrected chi connectivity index (χ4v) is 5.91. The SMILES string of the molecule is COc1c(O)c2c(=O)cc(OC)c3c4c(OC)cc(=O)c5c(O)c(OC)c6c(c(c1C=C(C)C6)c23)c54. The number of fused-ring (bicyclic) bond motifs is 1. The topological polar surface area (TPSA) is 112 Å². The standard InChI is InChI=1S/C28H22O8/c1-10-6-11-17-18-12(7-10)28(36-5)26(32)20-14(30)9-16(34-3)22(24(18)20)21-15(33-2)8-13(29)19(23(17)21)25(31)27(11)35-4/h6,8-9,31-32H,7H2,1-5H3. The lowest BCUT2D eigenvalue weighted by Crippen LogP contribution is -2.09. The molecule has 6 rings (SSSR count). The van der Waals surface area contributed by atoms with Gasteiger partial charge in [0.05, 0.1) is 39.2 Å². The number of hydrogen-bond donors (Lipinski definition) is 2. The van der Waals surface area contributed by atoms with Crippen LogP contribution in [0.1, 0.15) is 18.1 Å². The van der Waals surface area contributed by atoms with Crippen LogP contribution >= 0.6 is 0 Å². The van der Waals surface area contributed by atoms with Crippen molar-refractivity contribution >= 4 is 49.2 Å². The summed E-state index contributed by atoms with van der Waals surface area (Å²) in [4.78, 5) is 26.7. The minimum Gasteiger partial charge on any atom is -0.504 e. The summed E-state index contributed by atoms with van der Waals surface area (Å²) in [6, 6.07) is 2.60. The molecular formula is C28H22O8. The van der Waals surface area contributed by atoms with Crippen LogP contribution in [0.4, 0.5) is 0 Å². The van der Waals surface area contributed by atoms with Crippen LogP contribution in [-0.2, 0) is 6.42 Å². The van der Waals surface area contributed by atoms with Gasteiger partial charge in [0, 0.05) is 50.2 Å². The first-order chi connectivity index (χ1) is 17.3. The lowest BCUT2D eigenvalue weighted by atomic mass is 9.84. The van der Waals surface area contributed by atoms with Crippen LogP contribution in [0.2, 0.25) is 0 Å². The Bertz CT molecular complexity index is 1920. The monoisotopic (exact) mass is 486 g/mol. The molecule has 0 unspecified atom stereocenters. The van der Waals surface area contributed by atoms with E-state index < -0.39 is 10.9 Å². The number of phenols is 2. The average Bonchev–Trinajstić information content (AvgIpc) is 3.00. The number of rotatable bonds is 4. The van der Waals surface area contributed by atoms with E-state index in [0.29, 0.717) is 49.9 Å². The zero-order valence-electron chi connectivity index (χ0n) is 20.3. The van der Waals surface area contributed by atoms with Gasteiger partial charge in [-0.1, -0.05) is 11.6 Å². The highest BCUT2D eigenvalue weighted by atomic mass is 16.5. The van der Waals surface area contributed by atoms with E-state index in [2.05, 4.69) is 0 Å². The molecule has 0 bridgehead atoms. The van der Waals surface area contributed by atoms with Gasteiger partial charge in [0.25, 0.3) is 0 Å². The summed E-state index contributed by atoms with van der Waals surface area (Å²) in [6.45, 7) is 1.91. The molecule has 0 aromatic heterocycles. The molecule has 5 aromatic carbocycles. The second kappa shape index (κ2) is 7.27. The first-order valence-corrected chi connectivity index (χ1v) is 11.2. The maximum Gasteiger partial charge on any atom is 0.194 e. The van der Waals surface area contributed by atoms with Crippen LogP contribution in [0.3, 0.4) is 0 Å². The van der Waals surface area contributed by atoms with Crippen LogP contribution in [0, 0.1) is 0 Å². The van der Waals surface area contributed by atoms with Crippen LogP contribution in [0.25, 0.3) is 49.2 Å². The molecule has 1 aliphatic carbocycles. The third-order valence-electron chi connectivity index (χ3n) is 7.20. The molecule has 0 aliphatic heterocycles. The second-order valence-corrected chi connectivity index (χ2v) is 8.98. The Morgan fingerprint density at radius 2 is 1.14 bits per heavy atom. The van der Waals surface area contributed by atoms with Crippen molar-refractivity contribution < 1.29 is 29.2 Å². The molecule has 8 nitrogen and oxygen atoms in total. The van der Waals surface area contributed by atoms with Crippen LogP contribution in [-0.4, -0.2) is 38.7 Å². The maximum atomic E-state index is 13.3. The Morgan fingerprint density at radius 1 is 0.639 bits per heavy atom. The summed E-state index contributed by atoms with van der Waals surface area (Å²) >= 11 is 0. The van der Waals surface area contributed by atoms with E-state index in [9.17, 15) is 19.8 Å². The average molecular weight is 486 g/mol. The molecule has 8 heteroatoms. The number of methoxy groups -OCH3 is 4. The van der Waals surface area contributed by atoms with E-state index >= 15 is 0 Å². The van der Waals surface area contributed by atoms with Crippen molar-refractivity contribution in [3.8, 4) is 34.5 Å². The lowest BCUT2D eigenvalue weighted by Gasteiger charge is -2.23. The molecule has 0 amide bonds. The maximum absolute atomic E-state index is 13.3. The molecule has 0 saturated carbocycles. The molecule has 0 saturated heterocycles. The lowest BCUT2D eigenvalue weighted by molar-refractivity contribution is 0.373. The highest BCUT2D eigenvalue weighted by molar-refractivity contribution is 6.39. The third kappa shape index (κ3) is 2.43. The quantitative estimate of drug-likeness (QED) is 0.286. The first-order valence-electron chi connectivity index (χ1n) is 11.2. The van der Waals surface area contributed by atoms with Gasteiger partial charge >= 0.3 is 0 Å². The normalized spacial score (nSPS) is 13.1. The molecule has 5 aromatic rings. The van der Waals surface area contributed by atoms with Crippen LogP contribution in [0.15, 0.2) is 27.3 Å². The number of aromatic hydroxyl groups is 2. The summed E-state index contributed by atoms with van der Waals surface area (Å²) < 4.78 is 22.6. The predicted octanol–water partition coefficient (Wildman–Crippen LogP) is 4.30. The van der Waals surface area contributed by atoms with E-state index in [1.807, 2.05) is 13.0 Å². The molecule has 182 valence electrons. The van der Waals surface area contributed by atoms with E-state index in [1.54, 1.807) is 0 Å². The molecule has 0 fully saturated rings. The molecule has 0 radical (unpaired) electrons. The Balaban J connectivity index is 2.20. The van der Waals surface area contributed by atoms with Crippen LogP contribution < -0.4 is 29.8 Å². The Hall–Kier alpha value is -4.46. The fourth-order valence-electron chi connectivity index (χ4n) is 5.91. The Kier molecular flexibility index (Phi) is 4.45. The Labute approximate surface area is 204 Å². The highest BCUT2D eigenvalue weighted by Gasteiger charge is 2.33. The highest BCUT2D eigenvalue weighted by Crippen LogP contribution is 2.56. The zero-order chi connectivity index (χ0) is 25.6. The van der Waals surface area contributed by atoms with Gasteiger partial charge in [-0.05, 0) is 18.7 Å². The van der Waals surface area contributed by atoms with Crippen molar-refractivity contribution in [2.75, 3.05) is 28.4 Å². The molecule has 2 N–H and O–H groups in total. The van der Waals surface area contributed by atoms with E-state index in [1.165, 1.54) is 40.6 Å². The number of hydrogen-bond acceptors (Lipinski definition) is 8. The second-order valence-electron chi connectivity index (χ2n) is 8.98. The van der Waals surface area contributed by atoms with Gasteiger partial charge < -0.3 is 29.2 Å². The Morgan fingerprint density at radius 3 is 1.64 bits per heavy atom. The van der Waals surface area contributed by atoms with Crippen LogP contribution in [0.5, 0.6) is 34.5 Å². The number of phenolic OH excluding ortho intramolecular Hbond substituents is 2. The van der Waals surface area contributed by atoms with Crippen molar-refractivity contribution in [3.63, 3.8) is 0 Å². The van der Waals surface area contributed by atoms with E-state index in [-0.39, 0.29) is 45.3 Å². The molecule has 0 spiro atoms. The fraction of sp³-hybridized carbons (Fsp3) is 0.214. The molecular weight excluding hydrogens is 464 g/mol. The zero-order valence-corrected chi connectivity index (χ0v) is 20.3. The molecule has 1 aliphatic rings. The number of allylic oxidation sites excluding steroid dienone is 1. The van der Waals surface area contributed by atoms with E-state index in [4.69, 9.17) is 18.9 Å². The third-order valence-corrected chi connectivity index (χ3v) is 7.20. The van der Waals surface area contributed by atoms with Gasteiger partial charge in [-0.25, -0.2) is 0 Å². The first kappa shape index (κ1) is 22.0. The van der Waals surface area contributed by atoms with Gasteiger partial charge in [0.15, 0.2) is 33.9 Å². The van der Waals surface area contributed by atoms with Gasteiger partial charge in [0.1, 0.15) is 11.5 Å². The van der Waals surface area contributed by atoms with Gasteiger partial charge in [-0.15, -0.1) is 0 Å². The van der Waals surface area contributed by atoms with Crippen molar-refractivity contribution in [1.29, 1.82) is 0 Å². The van der Waals surface area contributed by atoms with Crippen molar-refractivity contribution in [2.24, 2.45) is 0 Å². The summed E-state index contributed by atoms with van der Waals surface area (Å²) in [5, 5.41) is 25.9. The van der Waals surface area contributed by atoms with E-state index in [0.717, 1.165) is 5.57 Å². The minimum absolute atomic E-state index is 0.0689. The molecule has 0 atom stereocenters. The minimum atomic E-state index is -0.444. The number of benzene rings is 5. The molecule has 36 heavy (non-hydrogen) atoms. The van der Waals surface area contributed by atoms with Crippen molar-refractivity contribution in [1.82, 2.24) is 0 Å².